The van der Waals surface area contributed by atoms with Gasteiger partial charge in [-0.1, -0.05) is 6.07 Å². The fourth-order valence-electron chi connectivity index (χ4n) is 3.15. The minimum Gasteiger partial charge on any atom is -0.494 e. The summed E-state index contributed by atoms with van der Waals surface area (Å²) in [6.07, 6.45) is 0. The first-order chi connectivity index (χ1) is 13.7. The van der Waals surface area contributed by atoms with Gasteiger partial charge < -0.3 is 15.0 Å². The molecule has 1 aromatic rings. The number of piperazine rings is 1. The Morgan fingerprint density at radius 3 is 2.52 bits per heavy atom. The summed E-state index contributed by atoms with van der Waals surface area (Å²) in [5.74, 6) is 1.41. The van der Waals surface area contributed by atoms with Gasteiger partial charge in [0, 0.05) is 60.6 Å². The van der Waals surface area contributed by atoms with Crippen LogP contribution in [0.15, 0.2) is 23.2 Å². The molecule has 1 aliphatic heterocycles. The number of methoxy groups -OCH3 is 1. The van der Waals surface area contributed by atoms with Crippen LogP contribution in [-0.2, 0) is 17.3 Å². The minimum atomic E-state index is -0.897. The number of guanidine groups is 1. The fourth-order valence-corrected chi connectivity index (χ4v) is 4.02. The zero-order valence-electron chi connectivity index (χ0n) is 18.3. The number of ether oxygens (including phenoxy) is 1. The van der Waals surface area contributed by atoms with Gasteiger partial charge in [0.2, 0.25) is 0 Å². The van der Waals surface area contributed by atoms with Crippen molar-refractivity contribution in [2.75, 3.05) is 52.1 Å². The van der Waals surface area contributed by atoms with Gasteiger partial charge in [0.15, 0.2) is 17.5 Å². The van der Waals surface area contributed by atoms with Gasteiger partial charge >= 0.3 is 0 Å². The molecule has 0 saturated carbocycles. The third kappa shape index (κ3) is 7.26. The van der Waals surface area contributed by atoms with E-state index in [1.54, 1.807) is 12.1 Å². The number of rotatable bonds is 7. The van der Waals surface area contributed by atoms with Crippen LogP contribution in [0.25, 0.3) is 0 Å². The monoisotopic (exact) mass is 426 g/mol. The number of nitrogens with zero attached hydrogens (tertiary/aromatic N) is 3. The number of hydrogen-bond acceptors (Lipinski definition) is 4. The molecule has 0 spiro atoms. The fraction of sp³-hybridized carbons (Fsp3) is 0.667. The number of aliphatic imine (C=N–C) groups is 1. The largest absolute Gasteiger partial charge is 0.494 e. The molecule has 164 valence electrons. The number of hydrogen-bond donors (Lipinski definition) is 1. The van der Waals surface area contributed by atoms with Crippen LogP contribution in [0.1, 0.15) is 33.3 Å². The molecule has 0 aromatic heterocycles. The molecule has 0 bridgehead atoms. The lowest BCUT2D eigenvalue weighted by molar-refractivity contribution is 0.172. The molecule has 1 aromatic carbocycles. The zero-order valence-corrected chi connectivity index (χ0v) is 19.1. The Hall–Kier alpha value is -1.67. The Morgan fingerprint density at radius 1 is 1.28 bits per heavy atom. The second-order valence-electron chi connectivity index (χ2n) is 8.13. The van der Waals surface area contributed by atoms with Crippen LogP contribution in [0.5, 0.6) is 5.75 Å². The summed E-state index contributed by atoms with van der Waals surface area (Å²) < 4.78 is 30.9. The average Bonchev–Trinajstić information content (AvgIpc) is 2.67. The summed E-state index contributed by atoms with van der Waals surface area (Å²) in [7, 11) is 0.577. The molecule has 0 radical (unpaired) electrons. The van der Waals surface area contributed by atoms with Gasteiger partial charge in [0.05, 0.1) is 13.7 Å². The first kappa shape index (κ1) is 23.6. The Morgan fingerprint density at radius 2 is 1.97 bits per heavy atom. The van der Waals surface area contributed by atoms with Crippen molar-refractivity contribution in [1.29, 1.82) is 0 Å². The smallest absolute Gasteiger partial charge is 0.194 e. The van der Waals surface area contributed by atoms with E-state index in [0.717, 1.165) is 44.2 Å². The summed E-state index contributed by atoms with van der Waals surface area (Å²) in [5.41, 5.74) is 0.946. The summed E-state index contributed by atoms with van der Waals surface area (Å²) in [4.78, 5) is 9.25. The van der Waals surface area contributed by atoms with Crippen molar-refractivity contribution < 1.29 is 13.3 Å². The summed E-state index contributed by atoms with van der Waals surface area (Å²) in [6, 6.07) is 5.14. The second kappa shape index (κ2) is 10.9. The molecule has 1 unspecified atom stereocenters. The van der Waals surface area contributed by atoms with Gasteiger partial charge in [0.1, 0.15) is 0 Å². The van der Waals surface area contributed by atoms with E-state index in [2.05, 4.69) is 27.0 Å². The van der Waals surface area contributed by atoms with Gasteiger partial charge in [-0.2, -0.15) is 0 Å². The predicted molar refractivity (Wildman–Crippen MR) is 119 cm³/mol. The highest BCUT2D eigenvalue weighted by molar-refractivity contribution is 7.86. The van der Waals surface area contributed by atoms with Crippen molar-refractivity contribution in [3.63, 3.8) is 0 Å². The van der Waals surface area contributed by atoms with Crippen molar-refractivity contribution in [3.05, 3.63) is 29.6 Å². The highest BCUT2D eigenvalue weighted by Gasteiger charge is 2.21. The molecule has 0 amide bonds. The molecular formula is C21H35FN4O2S. The Balaban J connectivity index is 1.88. The third-order valence-corrected chi connectivity index (χ3v) is 6.77. The first-order valence-corrected chi connectivity index (χ1v) is 11.5. The van der Waals surface area contributed by atoms with Crippen LogP contribution in [0.4, 0.5) is 4.39 Å². The predicted octanol–water partition coefficient (Wildman–Crippen LogP) is 2.46. The third-order valence-electron chi connectivity index (χ3n) is 4.85. The maximum atomic E-state index is 13.9. The maximum absolute atomic E-state index is 13.9. The molecule has 1 fully saturated rings. The quantitative estimate of drug-likeness (QED) is 0.536. The van der Waals surface area contributed by atoms with Gasteiger partial charge in [-0.05, 0) is 45.4 Å². The van der Waals surface area contributed by atoms with Gasteiger partial charge in [-0.3, -0.25) is 14.1 Å². The SMILES string of the molecule is CCNC(=NCCS(=O)C(C)(C)C)N1CCN(Cc2ccc(OC)c(F)c2)CC1. The van der Waals surface area contributed by atoms with Crippen molar-refractivity contribution in [1.82, 2.24) is 15.1 Å². The average molecular weight is 427 g/mol. The van der Waals surface area contributed by atoms with E-state index in [1.165, 1.54) is 7.11 Å². The van der Waals surface area contributed by atoms with Gasteiger partial charge in [-0.15, -0.1) is 0 Å². The van der Waals surface area contributed by atoms with Gasteiger partial charge in [0.25, 0.3) is 0 Å². The van der Waals surface area contributed by atoms with E-state index in [1.807, 2.05) is 26.8 Å². The van der Waals surface area contributed by atoms with Crippen molar-refractivity contribution in [2.45, 2.75) is 39.0 Å². The van der Waals surface area contributed by atoms with E-state index < -0.39 is 10.8 Å². The maximum Gasteiger partial charge on any atom is 0.194 e. The Bertz CT molecular complexity index is 713. The van der Waals surface area contributed by atoms with Crippen molar-refractivity contribution in [2.24, 2.45) is 4.99 Å². The van der Waals surface area contributed by atoms with Gasteiger partial charge in [-0.25, -0.2) is 4.39 Å². The molecule has 2 rings (SSSR count). The van der Waals surface area contributed by atoms with Crippen molar-refractivity contribution in [3.8, 4) is 5.75 Å². The van der Waals surface area contributed by atoms with E-state index in [0.29, 0.717) is 18.8 Å². The second-order valence-corrected chi connectivity index (χ2v) is 10.5. The van der Waals surface area contributed by atoms with Crippen LogP contribution in [-0.4, -0.2) is 76.8 Å². The standard InChI is InChI=1S/C21H35FN4O2S/c1-6-23-20(24-9-14-29(27)21(2,3)4)26-12-10-25(11-13-26)16-17-7-8-19(28-5)18(22)15-17/h7-8,15H,6,9-14,16H2,1-5H3,(H,23,24). The molecule has 1 atom stereocenters. The number of nitrogens with one attached hydrogen (secondary N) is 1. The van der Waals surface area contributed by atoms with E-state index in [4.69, 9.17) is 4.74 Å². The highest BCUT2D eigenvalue weighted by atomic mass is 32.2. The molecule has 1 saturated heterocycles. The van der Waals surface area contributed by atoms with Crippen LogP contribution >= 0.6 is 0 Å². The lowest BCUT2D eigenvalue weighted by atomic mass is 10.2. The van der Waals surface area contributed by atoms with E-state index in [-0.39, 0.29) is 16.3 Å². The molecule has 8 heteroatoms. The Kier molecular flexibility index (Phi) is 8.89. The molecule has 1 aliphatic rings. The summed E-state index contributed by atoms with van der Waals surface area (Å²) >= 11 is 0. The molecule has 1 heterocycles. The summed E-state index contributed by atoms with van der Waals surface area (Å²) in [5, 5.41) is 3.34. The van der Waals surface area contributed by atoms with Crippen LogP contribution in [0.3, 0.4) is 0 Å². The molecule has 29 heavy (non-hydrogen) atoms. The minimum absolute atomic E-state index is 0.208. The number of halogens is 1. The van der Waals surface area contributed by atoms with Crippen LogP contribution in [0, 0.1) is 5.82 Å². The molecule has 6 nitrogen and oxygen atoms in total. The highest BCUT2D eigenvalue weighted by Crippen LogP contribution is 2.19. The zero-order chi connectivity index (χ0) is 21.4. The normalized spacial score (nSPS) is 17.3. The lowest BCUT2D eigenvalue weighted by Gasteiger charge is -2.36. The summed E-state index contributed by atoms with van der Waals surface area (Å²) in [6.45, 7) is 13.6. The topological polar surface area (TPSA) is 57.2 Å². The van der Waals surface area contributed by atoms with E-state index in [9.17, 15) is 8.60 Å². The lowest BCUT2D eigenvalue weighted by Crippen LogP contribution is -2.52. The van der Waals surface area contributed by atoms with Crippen molar-refractivity contribution >= 4 is 16.8 Å². The Labute approximate surface area is 177 Å². The molecular weight excluding hydrogens is 391 g/mol. The van der Waals surface area contributed by atoms with Crippen LogP contribution in [0.2, 0.25) is 0 Å². The first-order valence-electron chi connectivity index (χ1n) is 10.2. The molecule has 0 aliphatic carbocycles. The van der Waals surface area contributed by atoms with Crippen LogP contribution < -0.4 is 10.1 Å². The molecule has 1 N–H and O–H groups in total. The number of benzene rings is 1. The van der Waals surface area contributed by atoms with E-state index >= 15 is 0 Å².